The third-order valence-corrected chi connectivity index (χ3v) is 6.30. The minimum absolute atomic E-state index is 0.551. The molecule has 0 aliphatic heterocycles. The summed E-state index contributed by atoms with van der Waals surface area (Å²) in [5, 5.41) is 3.92. The molecule has 0 spiro atoms. The van der Waals surface area contributed by atoms with E-state index in [0.717, 1.165) is 16.2 Å². The summed E-state index contributed by atoms with van der Waals surface area (Å²) >= 11 is 7.95. The van der Waals surface area contributed by atoms with E-state index in [0.29, 0.717) is 12.1 Å². The van der Waals surface area contributed by atoms with Crippen LogP contribution in [0, 0.1) is 11.8 Å². The maximum absolute atomic E-state index is 6.18. The summed E-state index contributed by atoms with van der Waals surface area (Å²) in [6.45, 7) is 4.79. The van der Waals surface area contributed by atoms with Gasteiger partial charge in [-0.25, -0.2) is 0 Å². The lowest BCUT2D eigenvalue weighted by Gasteiger charge is -2.29. The van der Waals surface area contributed by atoms with Gasteiger partial charge in [-0.2, -0.15) is 0 Å². The van der Waals surface area contributed by atoms with E-state index in [1.165, 1.54) is 42.5 Å². The van der Waals surface area contributed by atoms with Crippen LogP contribution in [0.5, 0.6) is 0 Å². The molecule has 2 aliphatic rings. The van der Waals surface area contributed by atoms with E-state index in [1.807, 2.05) is 0 Å². The van der Waals surface area contributed by atoms with Gasteiger partial charge in [0.05, 0.1) is 4.34 Å². The highest BCUT2D eigenvalue weighted by Crippen LogP contribution is 2.40. The zero-order valence-electron chi connectivity index (χ0n) is 11.2. The van der Waals surface area contributed by atoms with E-state index in [-0.39, 0.29) is 0 Å². The minimum atomic E-state index is 0.551. The lowest BCUT2D eigenvalue weighted by atomic mass is 9.91. The summed E-state index contributed by atoms with van der Waals surface area (Å²) in [6, 6.07) is 3.45. The predicted octanol–water partition coefficient (Wildman–Crippen LogP) is 4.80. The molecule has 0 amide bonds. The van der Waals surface area contributed by atoms with Crippen LogP contribution in [0.25, 0.3) is 0 Å². The maximum Gasteiger partial charge on any atom is 0.0934 e. The van der Waals surface area contributed by atoms with Crippen molar-refractivity contribution < 1.29 is 0 Å². The number of hydrogen-bond acceptors (Lipinski definition) is 2. The van der Waals surface area contributed by atoms with Crippen molar-refractivity contribution in [1.82, 2.24) is 5.32 Å². The van der Waals surface area contributed by atoms with Crippen LogP contribution in [0.15, 0.2) is 6.07 Å². The highest BCUT2D eigenvalue weighted by Gasteiger charge is 2.33. The lowest BCUT2D eigenvalue weighted by molar-refractivity contribution is 0.323. The molecule has 0 bridgehead atoms. The molecule has 0 aromatic carbocycles. The van der Waals surface area contributed by atoms with Crippen LogP contribution in [-0.2, 0) is 6.42 Å². The number of fused-ring (bicyclic) bond motifs is 1. The van der Waals surface area contributed by atoms with E-state index in [2.05, 4.69) is 25.2 Å². The van der Waals surface area contributed by atoms with Gasteiger partial charge in [0.2, 0.25) is 0 Å². The predicted molar refractivity (Wildman–Crippen MR) is 79.5 cm³/mol. The minimum Gasteiger partial charge on any atom is -0.307 e. The molecule has 1 fully saturated rings. The van der Waals surface area contributed by atoms with E-state index in [4.69, 9.17) is 11.6 Å². The Labute approximate surface area is 119 Å². The summed E-state index contributed by atoms with van der Waals surface area (Å²) in [4.78, 5) is 1.52. The number of nitrogens with one attached hydrogen (secondary N) is 1. The fourth-order valence-corrected chi connectivity index (χ4v) is 4.94. The summed E-state index contributed by atoms with van der Waals surface area (Å²) in [5.41, 5.74) is 1.49. The quantitative estimate of drug-likeness (QED) is 0.822. The monoisotopic (exact) mass is 283 g/mol. The normalized spacial score (nSPS) is 35.7. The molecule has 3 rings (SSSR count). The van der Waals surface area contributed by atoms with Crippen LogP contribution in [0.4, 0.5) is 0 Å². The Kier molecular flexibility index (Phi) is 3.70. The second-order valence-electron chi connectivity index (χ2n) is 6.06. The Morgan fingerprint density at radius 1 is 1.28 bits per heavy atom. The number of aryl methyl sites for hydroxylation is 1. The van der Waals surface area contributed by atoms with Crippen LogP contribution < -0.4 is 5.32 Å². The third-order valence-electron chi connectivity index (χ3n) is 4.96. The molecule has 2 aliphatic carbocycles. The molecule has 1 saturated carbocycles. The van der Waals surface area contributed by atoms with Crippen molar-refractivity contribution in [3.05, 3.63) is 20.8 Å². The average Bonchev–Trinajstić information content (AvgIpc) is 2.86. The zero-order valence-corrected chi connectivity index (χ0v) is 12.8. The SMILES string of the molecule is CC1CCC(NC2CCCc3sc(Cl)cc32)C1C. The fourth-order valence-electron chi connectivity index (χ4n) is 3.55. The number of thiophene rings is 1. The molecule has 1 heterocycles. The third kappa shape index (κ3) is 2.35. The summed E-state index contributed by atoms with van der Waals surface area (Å²) in [5.74, 6) is 1.68. The van der Waals surface area contributed by atoms with Gasteiger partial charge in [-0.05, 0) is 55.6 Å². The molecule has 0 radical (unpaired) electrons. The molecule has 1 aromatic rings. The first-order chi connectivity index (χ1) is 8.65. The standard InChI is InChI=1S/C15H22ClNS/c1-9-6-7-12(10(9)2)17-13-4-3-5-14-11(13)8-15(16)18-14/h8-10,12-13,17H,3-7H2,1-2H3. The topological polar surface area (TPSA) is 12.0 Å². The highest BCUT2D eigenvalue weighted by atomic mass is 35.5. The van der Waals surface area contributed by atoms with Gasteiger partial charge in [0.1, 0.15) is 0 Å². The van der Waals surface area contributed by atoms with Crippen molar-refractivity contribution in [3.63, 3.8) is 0 Å². The van der Waals surface area contributed by atoms with Gasteiger partial charge in [0.15, 0.2) is 0 Å². The Morgan fingerprint density at radius 2 is 2.11 bits per heavy atom. The molecule has 4 atom stereocenters. The van der Waals surface area contributed by atoms with Gasteiger partial charge in [-0.3, -0.25) is 0 Å². The number of hydrogen-bond donors (Lipinski definition) is 1. The Hall–Kier alpha value is -0.0500. The average molecular weight is 284 g/mol. The summed E-state index contributed by atoms with van der Waals surface area (Å²) in [7, 11) is 0. The van der Waals surface area contributed by atoms with Crippen molar-refractivity contribution in [3.8, 4) is 0 Å². The molecular formula is C15H22ClNS. The first-order valence-corrected chi connectivity index (χ1v) is 8.38. The van der Waals surface area contributed by atoms with Crippen LogP contribution in [0.2, 0.25) is 4.34 Å². The Bertz CT molecular complexity index is 428. The van der Waals surface area contributed by atoms with E-state index < -0.39 is 0 Å². The molecule has 18 heavy (non-hydrogen) atoms. The Morgan fingerprint density at radius 3 is 2.83 bits per heavy atom. The van der Waals surface area contributed by atoms with Crippen LogP contribution in [-0.4, -0.2) is 6.04 Å². The van der Waals surface area contributed by atoms with Gasteiger partial charge in [-0.1, -0.05) is 25.4 Å². The van der Waals surface area contributed by atoms with E-state index >= 15 is 0 Å². The van der Waals surface area contributed by atoms with Crippen molar-refractivity contribution >= 4 is 22.9 Å². The van der Waals surface area contributed by atoms with Crippen molar-refractivity contribution in [2.75, 3.05) is 0 Å². The molecule has 100 valence electrons. The van der Waals surface area contributed by atoms with Crippen LogP contribution in [0.1, 0.15) is 56.0 Å². The van der Waals surface area contributed by atoms with E-state index in [1.54, 1.807) is 11.3 Å². The van der Waals surface area contributed by atoms with Gasteiger partial charge in [-0.15, -0.1) is 11.3 Å². The van der Waals surface area contributed by atoms with Gasteiger partial charge < -0.3 is 5.32 Å². The first kappa shape index (κ1) is 13.0. The van der Waals surface area contributed by atoms with Crippen LogP contribution in [0.3, 0.4) is 0 Å². The largest absolute Gasteiger partial charge is 0.307 e. The van der Waals surface area contributed by atoms with Crippen molar-refractivity contribution in [2.45, 2.75) is 58.0 Å². The summed E-state index contributed by atoms with van der Waals surface area (Å²) in [6.07, 6.45) is 6.52. The van der Waals surface area contributed by atoms with Crippen molar-refractivity contribution in [2.24, 2.45) is 11.8 Å². The molecule has 1 N–H and O–H groups in total. The van der Waals surface area contributed by atoms with E-state index in [9.17, 15) is 0 Å². The molecule has 4 unspecified atom stereocenters. The van der Waals surface area contributed by atoms with Crippen molar-refractivity contribution in [1.29, 1.82) is 0 Å². The molecule has 1 aromatic heterocycles. The zero-order chi connectivity index (χ0) is 12.7. The second-order valence-corrected chi connectivity index (χ2v) is 7.83. The smallest absolute Gasteiger partial charge is 0.0934 e. The summed E-state index contributed by atoms with van der Waals surface area (Å²) < 4.78 is 0.960. The first-order valence-electron chi connectivity index (χ1n) is 7.19. The maximum atomic E-state index is 6.18. The second kappa shape index (κ2) is 5.15. The van der Waals surface area contributed by atoms with Gasteiger partial charge >= 0.3 is 0 Å². The molecule has 1 nitrogen and oxygen atoms in total. The Balaban J connectivity index is 1.74. The number of rotatable bonds is 2. The molecule has 3 heteroatoms. The molecular weight excluding hydrogens is 262 g/mol. The fraction of sp³-hybridized carbons (Fsp3) is 0.733. The number of halogens is 1. The van der Waals surface area contributed by atoms with Gasteiger partial charge in [0.25, 0.3) is 0 Å². The van der Waals surface area contributed by atoms with Crippen LogP contribution >= 0.6 is 22.9 Å². The lowest BCUT2D eigenvalue weighted by Crippen LogP contribution is -2.36. The molecule has 0 saturated heterocycles. The van der Waals surface area contributed by atoms with Gasteiger partial charge in [0, 0.05) is 17.0 Å². The highest BCUT2D eigenvalue weighted by molar-refractivity contribution is 7.16.